The first-order chi connectivity index (χ1) is 12.0. The van der Waals surface area contributed by atoms with Gasteiger partial charge in [0.25, 0.3) is 0 Å². The second-order valence-corrected chi connectivity index (χ2v) is 5.53. The highest BCUT2D eigenvalue weighted by atomic mass is 16.5. The molecule has 1 amide bonds. The molecular weight excluding hydrogens is 322 g/mol. The van der Waals surface area contributed by atoms with Gasteiger partial charge in [-0.15, -0.1) is 0 Å². The first-order valence-corrected chi connectivity index (χ1v) is 7.75. The fraction of sp³-hybridized carbons (Fsp3) is 0.211. The van der Waals surface area contributed by atoms with Crippen LogP contribution >= 0.6 is 0 Å². The summed E-state index contributed by atoms with van der Waals surface area (Å²) in [5.74, 6) is -1.14. The summed E-state index contributed by atoms with van der Waals surface area (Å²) in [7, 11) is 0. The maximum absolute atomic E-state index is 12.0. The number of carboxylic acid groups (broad SMARTS) is 1. The average molecular weight is 341 g/mol. The van der Waals surface area contributed by atoms with E-state index in [4.69, 9.17) is 9.84 Å². The van der Waals surface area contributed by atoms with Crippen molar-refractivity contribution in [3.63, 3.8) is 0 Å². The number of ketones is 1. The Hall–Kier alpha value is -3.15. The summed E-state index contributed by atoms with van der Waals surface area (Å²) >= 11 is 0. The number of carboxylic acids is 1. The summed E-state index contributed by atoms with van der Waals surface area (Å²) in [6, 6.07) is 14.9. The second kappa shape index (κ2) is 8.63. The number of rotatable bonds is 7. The molecule has 6 nitrogen and oxygen atoms in total. The minimum absolute atomic E-state index is 0.0865. The predicted octanol–water partition coefficient (Wildman–Crippen LogP) is 3.33. The maximum atomic E-state index is 12.0. The Bertz CT molecular complexity index is 740. The number of benzene rings is 2. The van der Waals surface area contributed by atoms with Gasteiger partial charge in [0, 0.05) is 5.56 Å². The minimum Gasteiger partial charge on any atom is -0.481 e. The number of nitrogens with one attached hydrogen (secondary N) is 1. The van der Waals surface area contributed by atoms with Crippen LogP contribution < -0.4 is 5.32 Å². The topological polar surface area (TPSA) is 92.7 Å². The molecule has 0 aliphatic carbocycles. The van der Waals surface area contributed by atoms with Crippen LogP contribution in [0.1, 0.15) is 40.9 Å². The van der Waals surface area contributed by atoms with Crippen molar-refractivity contribution < 1.29 is 24.2 Å². The molecule has 0 radical (unpaired) electrons. The molecule has 0 heterocycles. The number of hydrogen-bond donors (Lipinski definition) is 2. The number of hydrogen-bond acceptors (Lipinski definition) is 4. The third kappa shape index (κ3) is 5.76. The predicted molar refractivity (Wildman–Crippen MR) is 91.2 cm³/mol. The Morgan fingerprint density at radius 2 is 1.68 bits per heavy atom. The Morgan fingerprint density at radius 3 is 2.24 bits per heavy atom. The Balaban J connectivity index is 2.02. The van der Waals surface area contributed by atoms with Crippen LogP contribution in [0, 0.1) is 0 Å². The standard InChI is InChI=1S/C19H19NO5/c1-13(21)15-7-9-16(10-8-15)17(11-18(22)23)20-19(24)25-12-14-5-3-2-4-6-14/h2-10,17H,11-12H2,1H3,(H,20,24)(H,22,23). The molecule has 2 N–H and O–H groups in total. The zero-order valence-electron chi connectivity index (χ0n) is 13.8. The number of aliphatic carboxylic acids is 1. The fourth-order valence-electron chi connectivity index (χ4n) is 2.28. The Labute approximate surface area is 145 Å². The molecule has 0 saturated carbocycles. The van der Waals surface area contributed by atoms with Crippen LogP contribution in [-0.4, -0.2) is 23.0 Å². The molecule has 0 fully saturated rings. The Morgan fingerprint density at radius 1 is 1.04 bits per heavy atom. The largest absolute Gasteiger partial charge is 0.481 e. The molecule has 2 aromatic carbocycles. The molecule has 2 aromatic rings. The van der Waals surface area contributed by atoms with Crippen LogP contribution in [-0.2, 0) is 16.1 Å². The van der Waals surface area contributed by atoms with Crippen LogP contribution in [0.15, 0.2) is 54.6 Å². The van der Waals surface area contributed by atoms with E-state index in [9.17, 15) is 14.4 Å². The molecule has 0 saturated heterocycles. The maximum Gasteiger partial charge on any atom is 0.407 e. The molecule has 0 aliphatic heterocycles. The van der Waals surface area contributed by atoms with Gasteiger partial charge >= 0.3 is 12.1 Å². The van der Waals surface area contributed by atoms with E-state index < -0.39 is 18.1 Å². The van der Waals surface area contributed by atoms with Crippen LogP contribution in [0.3, 0.4) is 0 Å². The third-order valence-electron chi connectivity index (χ3n) is 3.60. The fourth-order valence-corrected chi connectivity index (χ4v) is 2.28. The number of carbonyl (C=O) groups is 3. The summed E-state index contributed by atoms with van der Waals surface area (Å²) in [4.78, 5) is 34.4. The number of amides is 1. The summed E-state index contributed by atoms with van der Waals surface area (Å²) in [6.07, 6.45) is -0.995. The molecule has 0 spiro atoms. The highest BCUT2D eigenvalue weighted by molar-refractivity contribution is 5.94. The number of Topliss-reactive ketones (excluding diaryl/α,β-unsaturated/α-hetero) is 1. The molecule has 1 unspecified atom stereocenters. The third-order valence-corrected chi connectivity index (χ3v) is 3.60. The van der Waals surface area contributed by atoms with E-state index >= 15 is 0 Å². The monoisotopic (exact) mass is 341 g/mol. The van der Waals surface area contributed by atoms with Gasteiger partial charge in [-0.3, -0.25) is 9.59 Å². The summed E-state index contributed by atoms with van der Waals surface area (Å²) < 4.78 is 5.13. The first kappa shape index (κ1) is 18.2. The van der Waals surface area contributed by atoms with E-state index in [1.807, 2.05) is 30.3 Å². The van der Waals surface area contributed by atoms with Gasteiger partial charge in [-0.1, -0.05) is 54.6 Å². The van der Waals surface area contributed by atoms with Gasteiger partial charge in [0.05, 0.1) is 12.5 Å². The summed E-state index contributed by atoms with van der Waals surface area (Å²) in [5.41, 5.74) is 1.94. The molecule has 1 atom stereocenters. The van der Waals surface area contributed by atoms with E-state index in [0.29, 0.717) is 11.1 Å². The van der Waals surface area contributed by atoms with Crippen LogP contribution in [0.5, 0.6) is 0 Å². The lowest BCUT2D eigenvalue weighted by Gasteiger charge is -2.17. The van der Waals surface area contributed by atoms with Crippen molar-refractivity contribution in [2.45, 2.75) is 26.0 Å². The molecule has 130 valence electrons. The van der Waals surface area contributed by atoms with Crippen LogP contribution in [0.4, 0.5) is 4.79 Å². The first-order valence-electron chi connectivity index (χ1n) is 7.75. The van der Waals surface area contributed by atoms with Crippen molar-refractivity contribution >= 4 is 17.8 Å². The SMILES string of the molecule is CC(=O)c1ccc(C(CC(=O)O)NC(=O)OCc2ccccc2)cc1. The highest BCUT2D eigenvalue weighted by Gasteiger charge is 2.19. The molecule has 25 heavy (non-hydrogen) atoms. The number of carbonyl (C=O) groups excluding carboxylic acids is 2. The lowest BCUT2D eigenvalue weighted by atomic mass is 10.0. The van der Waals surface area contributed by atoms with Gasteiger partial charge in [-0.2, -0.15) is 0 Å². The zero-order chi connectivity index (χ0) is 18.2. The van der Waals surface area contributed by atoms with Crippen LogP contribution in [0.2, 0.25) is 0 Å². The minimum atomic E-state index is -1.05. The lowest BCUT2D eigenvalue weighted by molar-refractivity contribution is -0.137. The smallest absolute Gasteiger partial charge is 0.407 e. The van der Waals surface area contributed by atoms with Crippen molar-refractivity contribution in [1.82, 2.24) is 5.32 Å². The molecule has 6 heteroatoms. The average Bonchev–Trinajstić information content (AvgIpc) is 2.60. The molecule has 0 aromatic heterocycles. The van der Waals surface area contributed by atoms with E-state index in [0.717, 1.165) is 5.56 Å². The number of ether oxygens (including phenoxy) is 1. The van der Waals surface area contributed by atoms with Crippen molar-refractivity contribution in [2.75, 3.05) is 0 Å². The molecule has 0 bridgehead atoms. The van der Waals surface area contributed by atoms with Crippen molar-refractivity contribution in [1.29, 1.82) is 0 Å². The van der Waals surface area contributed by atoms with E-state index in [2.05, 4.69) is 5.32 Å². The van der Waals surface area contributed by atoms with E-state index in [1.54, 1.807) is 24.3 Å². The van der Waals surface area contributed by atoms with Gasteiger partial charge in [0.2, 0.25) is 0 Å². The van der Waals surface area contributed by atoms with Crippen molar-refractivity contribution in [3.8, 4) is 0 Å². The lowest BCUT2D eigenvalue weighted by Crippen LogP contribution is -2.30. The van der Waals surface area contributed by atoms with Crippen LogP contribution in [0.25, 0.3) is 0 Å². The zero-order valence-corrected chi connectivity index (χ0v) is 13.8. The molecule has 2 rings (SSSR count). The van der Waals surface area contributed by atoms with Gasteiger partial charge in [-0.05, 0) is 18.1 Å². The van der Waals surface area contributed by atoms with Gasteiger partial charge in [0.15, 0.2) is 5.78 Å². The van der Waals surface area contributed by atoms with E-state index in [1.165, 1.54) is 6.92 Å². The second-order valence-electron chi connectivity index (χ2n) is 5.53. The van der Waals surface area contributed by atoms with Crippen molar-refractivity contribution in [3.05, 3.63) is 71.3 Å². The van der Waals surface area contributed by atoms with Gasteiger partial charge in [0.1, 0.15) is 6.61 Å². The van der Waals surface area contributed by atoms with E-state index in [-0.39, 0.29) is 18.8 Å². The van der Waals surface area contributed by atoms with Gasteiger partial charge in [-0.25, -0.2) is 4.79 Å². The Kier molecular flexibility index (Phi) is 6.28. The quantitative estimate of drug-likeness (QED) is 0.754. The number of alkyl carbamates (subject to hydrolysis) is 1. The van der Waals surface area contributed by atoms with Crippen molar-refractivity contribution in [2.24, 2.45) is 0 Å². The molecular formula is C19H19NO5. The summed E-state index contributed by atoms with van der Waals surface area (Å²) in [5, 5.41) is 11.6. The van der Waals surface area contributed by atoms with Gasteiger partial charge < -0.3 is 15.2 Å². The normalized spacial score (nSPS) is 11.4. The molecule has 0 aliphatic rings. The highest BCUT2D eigenvalue weighted by Crippen LogP contribution is 2.18. The summed E-state index contributed by atoms with van der Waals surface area (Å²) in [6.45, 7) is 1.54.